The maximum absolute atomic E-state index is 12.8. The van der Waals surface area contributed by atoms with E-state index in [1.54, 1.807) is 37.3 Å². The van der Waals surface area contributed by atoms with Crippen molar-refractivity contribution in [1.29, 1.82) is 0 Å². The SMILES string of the molecule is CCC(Oc1cccc(C)c1C)C(=O)Nc1ccc(S(=O)(=O)Nc2cccc(Cl)c2C)cc1. The highest BCUT2D eigenvalue weighted by atomic mass is 35.5. The topological polar surface area (TPSA) is 84.5 Å². The molecule has 0 aliphatic rings. The molecule has 0 aliphatic carbocycles. The Morgan fingerprint density at radius 2 is 1.64 bits per heavy atom. The summed E-state index contributed by atoms with van der Waals surface area (Å²) in [6, 6.07) is 16.7. The van der Waals surface area contributed by atoms with E-state index in [0.717, 1.165) is 11.1 Å². The Labute approximate surface area is 200 Å². The number of ether oxygens (including phenoxy) is 1. The number of sulfonamides is 1. The van der Waals surface area contributed by atoms with Crippen LogP contribution in [0, 0.1) is 20.8 Å². The number of hydrogen-bond donors (Lipinski definition) is 2. The lowest BCUT2D eigenvalue weighted by Crippen LogP contribution is -2.32. The van der Waals surface area contributed by atoms with Gasteiger partial charge < -0.3 is 10.1 Å². The first-order valence-electron chi connectivity index (χ1n) is 10.5. The van der Waals surface area contributed by atoms with Gasteiger partial charge in [-0.3, -0.25) is 9.52 Å². The number of amides is 1. The lowest BCUT2D eigenvalue weighted by molar-refractivity contribution is -0.122. The Morgan fingerprint density at radius 1 is 0.970 bits per heavy atom. The molecule has 174 valence electrons. The number of benzene rings is 3. The van der Waals surface area contributed by atoms with Gasteiger partial charge in [0.25, 0.3) is 15.9 Å². The van der Waals surface area contributed by atoms with E-state index in [9.17, 15) is 13.2 Å². The molecular weight excluding hydrogens is 460 g/mol. The molecule has 6 nitrogen and oxygen atoms in total. The molecule has 1 amide bonds. The lowest BCUT2D eigenvalue weighted by Gasteiger charge is -2.19. The van der Waals surface area contributed by atoms with Crippen molar-refractivity contribution in [3.8, 4) is 5.75 Å². The highest BCUT2D eigenvalue weighted by Crippen LogP contribution is 2.26. The first kappa shape index (κ1) is 24.6. The monoisotopic (exact) mass is 486 g/mol. The minimum Gasteiger partial charge on any atom is -0.480 e. The summed E-state index contributed by atoms with van der Waals surface area (Å²) in [6.45, 7) is 7.55. The van der Waals surface area contributed by atoms with Gasteiger partial charge in [0.1, 0.15) is 5.75 Å². The Morgan fingerprint density at radius 3 is 2.30 bits per heavy atom. The van der Waals surface area contributed by atoms with Crippen molar-refractivity contribution in [1.82, 2.24) is 0 Å². The van der Waals surface area contributed by atoms with Gasteiger partial charge in [0, 0.05) is 10.7 Å². The van der Waals surface area contributed by atoms with E-state index in [1.807, 2.05) is 39.0 Å². The van der Waals surface area contributed by atoms with Crippen molar-refractivity contribution in [2.75, 3.05) is 10.0 Å². The third-order valence-electron chi connectivity index (χ3n) is 5.43. The predicted molar refractivity (Wildman–Crippen MR) is 133 cm³/mol. The second-order valence-electron chi connectivity index (χ2n) is 7.74. The van der Waals surface area contributed by atoms with Gasteiger partial charge in [0.2, 0.25) is 0 Å². The molecule has 33 heavy (non-hydrogen) atoms. The Balaban J connectivity index is 1.70. The molecule has 1 atom stereocenters. The maximum atomic E-state index is 12.8. The van der Waals surface area contributed by atoms with Crippen molar-refractivity contribution < 1.29 is 17.9 Å². The average Bonchev–Trinajstić information content (AvgIpc) is 2.78. The molecular formula is C25H27ClN2O4S. The van der Waals surface area contributed by atoms with Crippen molar-refractivity contribution >= 4 is 38.9 Å². The number of hydrogen-bond acceptors (Lipinski definition) is 4. The minimum atomic E-state index is -3.81. The van der Waals surface area contributed by atoms with Gasteiger partial charge in [-0.05, 0) is 86.3 Å². The molecule has 0 spiro atoms. The van der Waals surface area contributed by atoms with Gasteiger partial charge >= 0.3 is 0 Å². The van der Waals surface area contributed by atoms with Gasteiger partial charge in [-0.2, -0.15) is 0 Å². The predicted octanol–water partition coefficient (Wildman–Crippen LogP) is 5.86. The molecule has 0 heterocycles. The quantitative estimate of drug-likeness (QED) is 0.417. The molecule has 2 N–H and O–H groups in total. The Hall–Kier alpha value is -3.03. The second kappa shape index (κ2) is 10.3. The van der Waals surface area contributed by atoms with Crippen LogP contribution >= 0.6 is 11.6 Å². The number of carbonyl (C=O) groups excluding carboxylic acids is 1. The number of halogens is 1. The fourth-order valence-electron chi connectivity index (χ4n) is 3.19. The van der Waals surface area contributed by atoms with E-state index in [1.165, 1.54) is 12.1 Å². The van der Waals surface area contributed by atoms with Crippen LogP contribution in [0.4, 0.5) is 11.4 Å². The molecule has 0 aliphatic heterocycles. The van der Waals surface area contributed by atoms with E-state index < -0.39 is 16.1 Å². The van der Waals surface area contributed by atoms with E-state index in [-0.39, 0.29) is 10.8 Å². The van der Waals surface area contributed by atoms with Crippen LogP contribution in [0.2, 0.25) is 5.02 Å². The zero-order valence-corrected chi connectivity index (χ0v) is 20.5. The normalized spacial score (nSPS) is 12.2. The standard InChI is InChI=1S/C25H27ClN2O4S/c1-5-23(32-24-11-6-8-16(2)17(24)3)25(29)27-19-12-14-20(15-13-19)33(30,31)28-22-10-7-9-21(26)18(22)4/h6-15,23,28H,5H2,1-4H3,(H,27,29). The third kappa shape index (κ3) is 5.86. The van der Waals surface area contributed by atoms with Crippen LogP contribution in [0.25, 0.3) is 0 Å². The molecule has 3 rings (SSSR count). The van der Waals surface area contributed by atoms with Gasteiger partial charge in [-0.15, -0.1) is 0 Å². The van der Waals surface area contributed by atoms with E-state index in [4.69, 9.17) is 16.3 Å². The molecule has 0 bridgehead atoms. The molecule has 0 radical (unpaired) electrons. The van der Waals surface area contributed by atoms with Gasteiger partial charge in [0.05, 0.1) is 10.6 Å². The van der Waals surface area contributed by atoms with E-state index >= 15 is 0 Å². The van der Waals surface area contributed by atoms with Crippen molar-refractivity contribution in [2.24, 2.45) is 0 Å². The first-order chi connectivity index (χ1) is 15.6. The van der Waals surface area contributed by atoms with E-state index in [2.05, 4.69) is 10.0 Å². The van der Waals surface area contributed by atoms with Gasteiger partial charge in [0.15, 0.2) is 6.10 Å². The highest BCUT2D eigenvalue weighted by molar-refractivity contribution is 7.92. The lowest BCUT2D eigenvalue weighted by atomic mass is 10.1. The summed E-state index contributed by atoms with van der Waals surface area (Å²) in [7, 11) is -3.81. The zero-order valence-electron chi connectivity index (χ0n) is 19.0. The number of carbonyl (C=O) groups is 1. The molecule has 0 fully saturated rings. The summed E-state index contributed by atoms with van der Waals surface area (Å²) < 4.78 is 34.0. The van der Waals surface area contributed by atoms with Crippen LogP contribution in [0.15, 0.2) is 65.6 Å². The van der Waals surface area contributed by atoms with Crippen LogP contribution in [0.5, 0.6) is 5.75 Å². The zero-order chi connectivity index (χ0) is 24.2. The van der Waals surface area contributed by atoms with Gasteiger partial charge in [-0.1, -0.05) is 36.7 Å². The Kier molecular flexibility index (Phi) is 7.66. The number of anilines is 2. The first-order valence-corrected chi connectivity index (χ1v) is 12.4. The van der Waals surface area contributed by atoms with Crippen LogP contribution in [0.3, 0.4) is 0 Å². The van der Waals surface area contributed by atoms with Crippen molar-refractivity contribution in [3.05, 3.63) is 82.4 Å². The van der Waals surface area contributed by atoms with Crippen molar-refractivity contribution in [2.45, 2.75) is 45.1 Å². The fourth-order valence-corrected chi connectivity index (χ4v) is 4.49. The summed E-state index contributed by atoms with van der Waals surface area (Å²) in [4.78, 5) is 12.8. The molecule has 0 aromatic heterocycles. The number of nitrogens with one attached hydrogen (secondary N) is 2. The van der Waals surface area contributed by atoms with Crippen LogP contribution in [-0.2, 0) is 14.8 Å². The fraction of sp³-hybridized carbons (Fsp3) is 0.240. The Bertz CT molecular complexity index is 1260. The van der Waals surface area contributed by atoms with E-state index in [0.29, 0.717) is 34.1 Å². The van der Waals surface area contributed by atoms with Crippen LogP contribution in [-0.4, -0.2) is 20.4 Å². The molecule has 0 saturated heterocycles. The highest BCUT2D eigenvalue weighted by Gasteiger charge is 2.21. The summed E-state index contributed by atoms with van der Waals surface area (Å²) in [5, 5.41) is 3.27. The third-order valence-corrected chi connectivity index (χ3v) is 7.22. The van der Waals surface area contributed by atoms with Crippen LogP contribution in [0.1, 0.15) is 30.0 Å². The maximum Gasteiger partial charge on any atom is 0.265 e. The van der Waals surface area contributed by atoms with Crippen molar-refractivity contribution in [3.63, 3.8) is 0 Å². The molecule has 0 saturated carbocycles. The molecule has 3 aromatic rings. The molecule has 8 heteroatoms. The molecule has 1 unspecified atom stereocenters. The molecule has 3 aromatic carbocycles. The number of rotatable bonds is 8. The minimum absolute atomic E-state index is 0.0681. The largest absolute Gasteiger partial charge is 0.480 e. The second-order valence-corrected chi connectivity index (χ2v) is 9.83. The van der Waals surface area contributed by atoms with Crippen LogP contribution < -0.4 is 14.8 Å². The smallest absolute Gasteiger partial charge is 0.265 e. The summed E-state index contributed by atoms with van der Waals surface area (Å²) >= 11 is 6.08. The summed E-state index contributed by atoms with van der Waals surface area (Å²) in [6.07, 6.45) is -0.199. The summed E-state index contributed by atoms with van der Waals surface area (Å²) in [5.74, 6) is 0.363. The summed E-state index contributed by atoms with van der Waals surface area (Å²) in [5.41, 5.74) is 3.60. The number of aryl methyl sites for hydroxylation is 1. The van der Waals surface area contributed by atoms with Gasteiger partial charge in [-0.25, -0.2) is 8.42 Å². The average molecular weight is 487 g/mol.